The van der Waals surface area contributed by atoms with E-state index in [-0.39, 0.29) is 0 Å². The van der Waals surface area contributed by atoms with Crippen molar-refractivity contribution in [3.8, 4) is 5.75 Å². The fourth-order valence-corrected chi connectivity index (χ4v) is 3.59. The average Bonchev–Trinajstić information content (AvgIpc) is 3.13. The molecule has 1 saturated heterocycles. The Labute approximate surface area is 142 Å². The summed E-state index contributed by atoms with van der Waals surface area (Å²) in [6.45, 7) is 5.45. The van der Waals surface area contributed by atoms with E-state index < -0.39 is 0 Å². The number of morpholine rings is 1. The summed E-state index contributed by atoms with van der Waals surface area (Å²) in [7, 11) is 1.71. The van der Waals surface area contributed by atoms with Gasteiger partial charge in [0.1, 0.15) is 5.75 Å². The predicted octanol–water partition coefficient (Wildman–Crippen LogP) is 2.92. The third-order valence-electron chi connectivity index (χ3n) is 4.23. The summed E-state index contributed by atoms with van der Waals surface area (Å²) in [5, 5.41) is 7.93. The average molecular weight is 332 g/mol. The maximum atomic E-state index is 5.50. The molecule has 1 aliphatic rings. The van der Waals surface area contributed by atoms with Crippen LogP contribution >= 0.6 is 11.3 Å². The topological polar surface area (TPSA) is 33.7 Å². The summed E-state index contributed by atoms with van der Waals surface area (Å²) in [5.74, 6) is 0.903. The van der Waals surface area contributed by atoms with Crippen LogP contribution in [0.25, 0.3) is 0 Å². The summed E-state index contributed by atoms with van der Waals surface area (Å²) in [4.78, 5) is 2.51. The van der Waals surface area contributed by atoms with Gasteiger partial charge in [0.25, 0.3) is 0 Å². The van der Waals surface area contributed by atoms with Crippen molar-refractivity contribution in [3.63, 3.8) is 0 Å². The highest BCUT2D eigenvalue weighted by molar-refractivity contribution is 7.07. The summed E-state index contributed by atoms with van der Waals surface area (Å²) in [6.07, 6.45) is 0. The summed E-state index contributed by atoms with van der Waals surface area (Å²) < 4.78 is 10.8. The van der Waals surface area contributed by atoms with Crippen LogP contribution in [0.2, 0.25) is 0 Å². The van der Waals surface area contributed by atoms with Crippen molar-refractivity contribution >= 4 is 11.3 Å². The summed E-state index contributed by atoms with van der Waals surface area (Å²) in [6, 6.07) is 11.0. The normalized spacial score (nSPS) is 17.1. The summed E-state index contributed by atoms with van der Waals surface area (Å²) in [5.41, 5.74) is 2.68. The molecule has 1 aromatic heterocycles. The second kappa shape index (κ2) is 8.45. The molecule has 1 N–H and O–H groups in total. The molecule has 124 valence electrons. The minimum Gasteiger partial charge on any atom is -0.497 e. The van der Waals surface area contributed by atoms with Crippen LogP contribution in [0.15, 0.2) is 41.1 Å². The number of rotatable bonds is 7. The number of ether oxygens (including phenoxy) is 2. The molecule has 0 amide bonds. The van der Waals surface area contributed by atoms with Gasteiger partial charge >= 0.3 is 0 Å². The molecule has 0 spiro atoms. The molecule has 0 bridgehead atoms. The van der Waals surface area contributed by atoms with Crippen LogP contribution in [-0.4, -0.2) is 44.9 Å². The van der Waals surface area contributed by atoms with E-state index in [4.69, 9.17) is 9.47 Å². The molecule has 0 aliphatic carbocycles. The number of nitrogens with zero attached hydrogens (tertiary/aromatic N) is 1. The van der Waals surface area contributed by atoms with Crippen molar-refractivity contribution in [3.05, 3.63) is 52.2 Å². The van der Waals surface area contributed by atoms with Gasteiger partial charge in [0.15, 0.2) is 0 Å². The first kappa shape index (κ1) is 16.5. The quantitative estimate of drug-likeness (QED) is 0.845. The van der Waals surface area contributed by atoms with E-state index in [1.54, 1.807) is 18.4 Å². The molecule has 2 heterocycles. The molecular weight excluding hydrogens is 308 g/mol. The van der Waals surface area contributed by atoms with Gasteiger partial charge in [-0.25, -0.2) is 0 Å². The zero-order chi connectivity index (χ0) is 15.9. The van der Waals surface area contributed by atoms with E-state index in [0.717, 1.165) is 45.1 Å². The molecular formula is C18H24N2O2S. The minimum absolute atomic E-state index is 0.364. The Bertz CT molecular complexity index is 565. The van der Waals surface area contributed by atoms with Gasteiger partial charge in [0.05, 0.1) is 20.3 Å². The maximum absolute atomic E-state index is 5.50. The first-order valence-electron chi connectivity index (χ1n) is 8.04. The molecule has 0 radical (unpaired) electrons. The van der Waals surface area contributed by atoms with Crippen LogP contribution in [0.1, 0.15) is 17.2 Å². The van der Waals surface area contributed by atoms with Gasteiger partial charge in [-0.3, -0.25) is 4.90 Å². The van der Waals surface area contributed by atoms with E-state index in [9.17, 15) is 0 Å². The lowest BCUT2D eigenvalue weighted by molar-refractivity contribution is 0.0161. The molecule has 1 aliphatic heterocycles. The standard InChI is InChI=1S/C18H24N2O2S/c1-21-17-4-2-16(3-5-17)18(20-7-9-22-10-8-20)13-19-12-15-6-11-23-14-15/h2-6,11,14,18-19H,7-10,12-13H2,1H3. The Morgan fingerprint density at radius 1 is 1.22 bits per heavy atom. The van der Waals surface area contributed by atoms with Crippen molar-refractivity contribution < 1.29 is 9.47 Å². The number of hydrogen-bond acceptors (Lipinski definition) is 5. The summed E-state index contributed by atoms with van der Waals surface area (Å²) >= 11 is 1.75. The van der Waals surface area contributed by atoms with Crippen LogP contribution in [0, 0.1) is 0 Å². The predicted molar refractivity (Wildman–Crippen MR) is 94.2 cm³/mol. The third-order valence-corrected chi connectivity index (χ3v) is 4.97. The molecule has 1 unspecified atom stereocenters. The lowest BCUT2D eigenvalue weighted by Gasteiger charge is -2.35. The van der Waals surface area contributed by atoms with Gasteiger partial charge in [-0.1, -0.05) is 12.1 Å². The van der Waals surface area contributed by atoms with Crippen molar-refractivity contribution in [1.82, 2.24) is 10.2 Å². The van der Waals surface area contributed by atoms with E-state index >= 15 is 0 Å². The molecule has 1 atom stereocenters. The molecule has 23 heavy (non-hydrogen) atoms. The number of nitrogens with one attached hydrogen (secondary N) is 1. The zero-order valence-corrected chi connectivity index (χ0v) is 14.3. The van der Waals surface area contributed by atoms with Crippen LogP contribution in [0.3, 0.4) is 0 Å². The molecule has 1 fully saturated rings. The van der Waals surface area contributed by atoms with Crippen molar-refractivity contribution in [2.75, 3.05) is 40.0 Å². The van der Waals surface area contributed by atoms with E-state index in [2.05, 4.69) is 39.2 Å². The minimum atomic E-state index is 0.364. The first-order chi connectivity index (χ1) is 11.4. The molecule has 1 aromatic carbocycles. The molecule has 2 aromatic rings. The Morgan fingerprint density at radius 3 is 2.65 bits per heavy atom. The van der Waals surface area contributed by atoms with Crippen molar-refractivity contribution in [2.45, 2.75) is 12.6 Å². The largest absolute Gasteiger partial charge is 0.497 e. The van der Waals surface area contributed by atoms with E-state index in [1.807, 2.05) is 12.1 Å². The molecule has 5 heteroatoms. The highest BCUT2D eigenvalue weighted by Crippen LogP contribution is 2.23. The van der Waals surface area contributed by atoms with Gasteiger partial charge in [-0.2, -0.15) is 11.3 Å². The number of methoxy groups -OCH3 is 1. The monoisotopic (exact) mass is 332 g/mol. The van der Waals surface area contributed by atoms with Gasteiger partial charge in [0, 0.05) is 32.2 Å². The van der Waals surface area contributed by atoms with Gasteiger partial charge < -0.3 is 14.8 Å². The van der Waals surface area contributed by atoms with Crippen molar-refractivity contribution in [2.24, 2.45) is 0 Å². The number of thiophene rings is 1. The van der Waals surface area contributed by atoms with Gasteiger partial charge in [-0.05, 0) is 40.1 Å². The highest BCUT2D eigenvalue weighted by Gasteiger charge is 2.22. The second-order valence-electron chi connectivity index (χ2n) is 5.70. The fourth-order valence-electron chi connectivity index (χ4n) is 2.92. The van der Waals surface area contributed by atoms with Crippen molar-refractivity contribution in [1.29, 1.82) is 0 Å². The molecule has 4 nitrogen and oxygen atoms in total. The highest BCUT2D eigenvalue weighted by atomic mass is 32.1. The fraction of sp³-hybridized carbons (Fsp3) is 0.444. The lowest BCUT2D eigenvalue weighted by atomic mass is 10.0. The zero-order valence-electron chi connectivity index (χ0n) is 13.5. The maximum Gasteiger partial charge on any atom is 0.118 e. The van der Waals surface area contributed by atoms with E-state index in [0.29, 0.717) is 6.04 Å². The van der Waals surface area contributed by atoms with Crippen LogP contribution < -0.4 is 10.1 Å². The van der Waals surface area contributed by atoms with Gasteiger partial charge in [-0.15, -0.1) is 0 Å². The molecule has 3 rings (SSSR count). The molecule has 0 saturated carbocycles. The number of hydrogen-bond donors (Lipinski definition) is 1. The Morgan fingerprint density at radius 2 is 2.00 bits per heavy atom. The smallest absolute Gasteiger partial charge is 0.118 e. The van der Waals surface area contributed by atoms with Crippen LogP contribution in [0.5, 0.6) is 5.75 Å². The second-order valence-corrected chi connectivity index (χ2v) is 6.48. The Hall–Kier alpha value is -1.40. The Balaban J connectivity index is 1.66. The lowest BCUT2D eigenvalue weighted by Crippen LogP contribution is -2.42. The van der Waals surface area contributed by atoms with E-state index in [1.165, 1.54) is 11.1 Å². The SMILES string of the molecule is COc1ccc(C(CNCc2ccsc2)N2CCOCC2)cc1. The first-order valence-corrected chi connectivity index (χ1v) is 8.98. The Kier molecular flexibility index (Phi) is 6.05. The third kappa shape index (κ3) is 4.54. The van der Waals surface area contributed by atoms with Crippen LogP contribution in [0.4, 0.5) is 0 Å². The van der Waals surface area contributed by atoms with Crippen LogP contribution in [-0.2, 0) is 11.3 Å². The number of benzene rings is 1. The van der Waals surface area contributed by atoms with Gasteiger partial charge in [0.2, 0.25) is 0 Å².